The van der Waals surface area contributed by atoms with Gasteiger partial charge in [-0.2, -0.15) is 0 Å². The molecule has 7 heteroatoms. The van der Waals surface area contributed by atoms with E-state index in [0.717, 1.165) is 32.2 Å². The smallest absolute Gasteiger partial charge is 0.222 e. The van der Waals surface area contributed by atoms with E-state index < -0.39 is 14.8 Å². The van der Waals surface area contributed by atoms with Gasteiger partial charge < -0.3 is 5.32 Å². The highest BCUT2D eigenvalue weighted by Gasteiger charge is 2.32. The lowest BCUT2D eigenvalue weighted by molar-refractivity contribution is 0.322. The van der Waals surface area contributed by atoms with Gasteiger partial charge in [0.1, 0.15) is 0 Å². The van der Waals surface area contributed by atoms with Gasteiger partial charge in [0, 0.05) is 25.0 Å². The van der Waals surface area contributed by atoms with E-state index in [1.54, 1.807) is 39.2 Å². The minimum atomic E-state index is -3.26. The average Bonchev–Trinajstić information content (AvgIpc) is 2.46. The zero-order valence-corrected chi connectivity index (χ0v) is 14.4. The standard InChI is InChI=1S/C15H26N4O2S/c1-15(2,3)22(20,21)19-13-7-5-12(6-8-13)11-18-14-16-9-4-10-17-14/h4,9-10,12-13,19H,5-8,11H2,1-3H3,(H,16,17,18). The van der Waals surface area contributed by atoms with E-state index >= 15 is 0 Å². The summed E-state index contributed by atoms with van der Waals surface area (Å²) in [5.41, 5.74) is 0. The molecule has 1 aromatic rings. The van der Waals surface area contributed by atoms with E-state index in [-0.39, 0.29) is 6.04 Å². The molecule has 2 N–H and O–H groups in total. The van der Waals surface area contributed by atoms with Crippen LogP contribution < -0.4 is 10.0 Å². The third-order valence-electron chi connectivity index (χ3n) is 4.09. The first-order chi connectivity index (χ1) is 10.3. The van der Waals surface area contributed by atoms with Gasteiger partial charge in [-0.1, -0.05) is 0 Å². The summed E-state index contributed by atoms with van der Waals surface area (Å²) < 4.78 is 26.4. The molecule has 2 rings (SSSR count). The number of aromatic nitrogens is 2. The third kappa shape index (κ3) is 4.64. The molecule has 1 saturated carbocycles. The van der Waals surface area contributed by atoms with Crippen molar-refractivity contribution in [1.82, 2.24) is 14.7 Å². The van der Waals surface area contributed by atoms with Crippen molar-refractivity contribution in [3.63, 3.8) is 0 Å². The van der Waals surface area contributed by atoms with Crippen molar-refractivity contribution in [3.05, 3.63) is 18.5 Å². The van der Waals surface area contributed by atoms with Gasteiger partial charge in [0.05, 0.1) is 4.75 Å². The van der Waals surface area contributed by atoms with E-state index in [4.69, 9.17) is 0 Å². The summed E-state index contributed by atoms with van der Waals surface area (Å²) in [5, 5.41) is 3.24. The van der Waals surface area contributed by atoms with E-state index in [1.807, 2.05) is 0 Å². The quantitative estimate of drug-likeness (QED) is 0.866. The summed E-state index contributed by atoms with van der Waals surface area (Å²) in [6.07, 6.45) is 7.23. The number of nitrogens with zero attached hydrogens (tertiary/aromatic N) is 2. The molecule has 1 aliphatic carbocycles. The van der Waals surface area contributed by atoms with Crippen LogP contribution in [0.3, 0.4) is 0 Å². The summed E-state index contributed by atoms with van der Waals surface area (Å²) in [6, 6.07) is 1.85. The normalized spacial score (nSPS) is 23.2. The van der Waals surface area contributed by atoms with Crippen molar-refractivity contribution in [2.75, 3.05) is 11.9 Å². The monoisotopic (exact) mass is 326 g/mol. The lowest BCUT2D eigenvalue weighted by Gasteiger charge is -2.31. The van der Waals surface area contributed by atoms with Crippen molar-refractivity contribution >= 4 is 16.0 Å². The van der Waals surface area contributed by atoms with Crippen molar-refractivity contribution in [2.45, 2.75) is 57.2 Å². The first-order valence-corrected chi connectivity index (χ1v) is 9.29. The molecule has 0 aliphatic heterocycles. The van der Waals surface area contributed by atoms with Gasteiger partial charge in [-0.3, -0.25) is 0 Å². The second kappa shape index (κ2) is 6.91. The van der Waals surface area contributed by atoms with E-state index in [9.17, 15) is 8.42 Å². The Labute approximate surface area is 133 Å². The fraction of sp³-hybridized carbons (Fsp3) is 0.733. The number of nitrogens with one attached hydrogen (secondary N) is 2. The Balaban J connectivity index is 1.76. The third-order valence-corrected chi connectivity index (χ3v) is 6.35. The molecule has 1 heterocycles. The maximum Gasteiger partial charge on any atom is 0.222 e. The second-order valence-electron chi connectivity index (χ2n) is 6.90. The zero-order chi connectivity index (χ0) is 16.2. The Morgan fingerprint density at radius 2 is 1.73 bits per heavy atom. The SMILES string of the molecule is CC(C)(C)S(=O)(=O)NC1CCC(CNc2ncccn2)CC1. The predicted molar refractivity (Wildman–Crippen MR) is 88.1 cm³/mol. The van der Waals surface area contributed by atoms with Gasteiger partial charge in [-0.25, -0.2) is 23.1 Å². The van der Waals surface area contributed by atoms with E-state index in [2.05, 4.69) is 20.0 Å². The summed E-state index contributed by atoms with van der Waals surface area (Å²) >= 11 is 0. The average molecular weight is 326 g/mol. The van der Waals surface area contributed by atoms with Crippen molar-refractivity contribution in [3.8, 4) is 0 Å². The van der Waals surface area contributed by atoms with Gasteiger partial charge in [0.25, 0.3) is 0 Å². The van der Waals surface area contributed by atoms with Gasteiger partial charge in [0.15, 0.2) is 0 Å². The molecule has 0 saturated heterocycles. The van der Waals surface area contributed by atoms with Gasteiger partial charge in [-0.15, -0.1) is 0 Å². The summed E-state index contributed by atoms with van der Waals surface area (Å²) in [6.45, 7) is 6.02. The Kier molecular flexibility index (Phi) is 5.39. The maximum atomic E-state index is 12.2. The Bertz CT molecular complexity index is 561. The maximum absolute atomic E-state index is 12.2. The number of sulfonamides is 1. The van der Waals surface area contributed by atoms with Crippen LogP contribution in [-0.4, -0.2) is 35.7 Å². The van der Waals surface area contributed by atoms with Crippen LogP contribution in [0.1, 0.15) is 46.5 Å². The number of hydrogen-bond acceptors (Lipinski definition) is 5. The van der Waals surface area contributed by atoms with E-state index in [1.165, 1.54) is 0 Å². The highest BCUT2D eigenvalue weighted by Crippen LogP contribution is 2.26. The summed E-state index contributed by atoms with van der Waals surface area (Å²) in [4.78, 5) is 8.28. The molecule has 0 amide bonds. The van der Waals surface area contributed by atoms with Crippen molar-refractivity contribution in [2.24, 2.45) is 5.92 Å². The fourth-order valence-corrected chi connectivity index (χ4v) is 3.53. The second-order valence-corrected chi connectivity index (χ2v) is 9.37. The Hall–Kier alpha value is -1.21. The highest BCUT2D eigenvalue weighted by atomic mass is 32.2. The summed E-state index contributed by atoms with van der Waals surface area (Å²) in [7, 11) is -3.26. The van der Waals surface area contributed by atoms with Crippen molar-refractivity contribution in [1.29, 1.82) is 0 Å². The molecule has 0 atom stereocenters. The molecule has 1 aliphatic rings. The predicted octanol–water partition coefficient (Wildman–Crippen LogP) is 2.17. The molecule has 0 spiro atoms. The van der Waals surface area contributed by atoms with Gasteiger partial charge in [0.2, 0.25) is 16.0 Å². The lowest BCUT2D eigenvalue weighted by Crippen LogP contribution is -2.46. The Morgan fingerprint density at radius 3 is 2.27 bits per heavy atom. The number of anilines is 1. The molecule has 22 heavy (non-hydrogen) atoms. The number of hydrogen-bond donors (Lipinski definition) is 2. The molecular formula is C15H26N4O2S. The molecule has 6 nitrogen and oxygen atoms in total. The van der Waals surface area contributed by atoms with Crippen LogP contribution in [0.5, 0.6) is 0 Å². The van der Waals surface area contributed by atoms with Gasteiger partial charge >= 0.3 is 0 Å². The van der Waals surface area contributed by atoms with Crippen LogP contribution in [0.25, 0.3) is 0 Å². The zero-order valence-electron chi connectivity index (χ0n) is 13.5. The summed E-state index contributed by atoms with van der Waals surface area (Å²) in [5.74, 6) is 1.19. The van der Waals surface area contributed by atoms with Crippen LogP contribution in [0.4, 0.5) is 5.95 Å². The first-order valence-electron chi connectivity index (χ1n) is 7.81. The van der Waals surface area contributed by atoms with Crippen LogP contribution in [0.2, 0.25) is 0 Å². The molecule has 1 aromatic heterocycles. The molecule has 0 radical (unpaired) electrons. The van der Waals surface area contributed by atoms with Gasteiger partial charge in [-0.05, 0) is 58.4 Å². The van der Waals surface area contributed by atoms with Crippen LogP contribution >= 0.6 is 0 Å². The first kappa shape index (κ1) is 17.1. The molecule has 0 bridgehead atoms. The minimum Gasteiger partial charge on any atom is -0.354 e. The topological polar surface area (TPSA) is 84.0 Å². The molecular weight excluding hydrogens is 300 g/mol. The minimum absolute atomic E-state index is 0.0634. The van der Waals surface area contributed by atoms with E-state index in [0.29, 0.717) is 11.9 Å². The largest absolute Gasteiger partial charge is 0.354 e. The van der Waals surface area contributed by atoms with Crippen LogP contribution in [0, 0.1) is 5.92 Å². The van der Waals surface area contributed by atoms with Crippen molar-refractivity contribution < 1.29 is 8.42 Å². The fourth-order valence-electron chi connectivity index (χ4n) is 2.51. The molecule has 124 valence electrons. The molecule has 0 unspecified atom stereocenters. The lowest BCUT2D eigenvalue weighted by atomic mass is 9.86. The Morgan fingerprint density at radius 1 is 1.14 bits per heavy atom. The molecule has 1 fully saturated rings. The molecule has 0 aromatic carbocycles. The highest BCUT2D eigenvalue weighted by molar-refractivity contribution is 7.90. The van der Waals surface area contributed by atoms with Crippen LogP contribution in [-0.2, 0) is 10.0 Å². The van der Waals surface area contributed by atoms with Crippen LogP contribution in [0.15, 0.2) is 18.5 Å². The number of rotatable bonds is 5.